The number of hydrogen-bond donors (Lipinski definition) is 2. The Morgan fingerprint density at radius 3 is 3.15 bits per heavy atom. The number of H-pyrrole nitrogens is 1. The zero-order valence-corrected chi connectivity index (χ0v) is 11.9. The van der Waals surface area contributed by atoms with Crippen LogP contribution in [0.3, 0.4) is 0 Å². The summed E-state index contributed by atoms with van der Waals surface area (Å²) in [6.07, 6.45) is 0. The van der Waals surface area contributed by atoms with Crippen molar-refractivity contribution in [1.29, 1.82) is 0 Å². The van der Waals surface area contributed by atoms with Crippen LogP contribution in [0.15, 0.2) is 29.3 Å². The van der Waals surface area contributed by atoms with Crippen LogP contribution in [0.5, 0.6) is 5.75 Å². The van der Waals surface area contributed by atoms with Gasteiger partial charge in [-0.05, 0) is 25.1 Å². The SMILES string of the molecule is CCOc1ccc2cc(C(=O)NC3=NCCS3)[nH]c2c1. The van der Waals surface area contributed by atoms with Crippen LogP contribution in [-0.2, 0) is 0 Å². The summed E-state index contributed by atoms with van der Waals surface area (Å²) in [5.74, 6) is 1.57. The van der Waals surface area contributed by atoms with Crippen LogP contribution in [-0.4, -0.2) is 35.0 Å². The average Bonchev–Trinajstić information content (AvgIpc) is 3.07. The molecule has 5 nitrogen and oxygen atoms in total. The number of carbonyl (C=O) groups is 1. The Morgan fingerprint density at radius 2 is 2.40 bits per heavy atom. The van der Waals surface area contributed by atoms with E-state index in [0.29, 0.717) is 17.5 Å². The quantitative estimate of drug-likeness (QED) is 0.911. The van der Waals surface area contributed by atoms with Gasteiger partial charge in [-0.15, -0.1) is 0 Å². The van der Waals surface area contributed by atoms with Gasteiger partial charge in [0.25, 0.3) is 5.91 Å². The van der Waals surface area contributed by atoms with Crippen LogP contribution in [0.1, 0.15) is 17.4 Å². The summed E-state index contributed by atoms with van der Waals surface area (Å²) in [6, 6.07) is 7.58. The molecule has 104 valence electrons. The van der Waals surface area contributed by atoms with E-state index >= 15 is 0 Å². The third kappa shape index (κ3) is 2.65. The number of hydrogen-bond acceptors (Lipinski definition) is 4. The monoisotopic (exact) mass is 289 g/mol. The molecule has 0 bridgehead atoms. The Kier molecular flexibility index (Phi) is 3.64. The van der Waals surface area contributed by atoms with Crippen molar-refractivity contribution >= 4 is 33.7 Å². The smallest absolute Gasteiger partial charge is 0.273 e. The number of aromatic nitrogens is 1. The Labute approximate surface area is 120 Å². The van der Waals surface area contributed by atoms with Gasteiger partial charge in [0.15, 0.2) is 5.17 Å². The van der Waals surface area contributed by atoms with Crippen molar-refractivity contribution in [3.8, 4) is 5.75 Å². The standard InChI is InChI=1S/C14H15N3O2S/c1-2-19-10-4-3-9-7-12(16-11(9)8-10)13(18)17-14-15-5-6-20-14/h3-4,7-8,16H,2,5-6H2,1H3,(H,15,17,18). The molecule has 0 aliphatic carbocycles. The second-order valence-corrected chi connectivity index (χ2v) is 5.44. The van der Waals surface area contributed by atoms with Crippen molar-refractivity contribution in [3.05, 3.63) is 30.0 Å². The zero-order chi connectivity index (χ0) is 13.9. The molecule has 0 radical (unpaired) electrons. The van der Waals surface area contributed by atoms with Gasteiger partial charge in [0.1, 0.15) is 11.4 Å². The minimum absolute atomic E-state index is 0.160. The molecule has 3 rings (SSSR count). The lowest BCUT2D eigenvalue weighted by Crippen LogP contribution is -2.27. The normalized spacial score (nSPS) is 14.3. The third-order valence-corrected chi connectivity index (χ3v) is 3.85. The molecule has 6 heteroatoms. The molecule has 0 saturated carbocycles. The van der Waals surface area contributed by atoms with Crippen molar-refractivity contribution in [2.24, 2.45) is 4.99 Å². The van der Waals surface area contributed by atoms with Crippen LogP contribution < -0.4 is 10.1 Å². The van der Waals surface area contributed by atoms with Crippen LogP contribution in [0.25, 0.3) is 10.9 Å². The van der Waals surface area contributed by atoms with Gasteiger partial charge in [-0.1, -0.05) is 11.8 Å². The van der Waals surface area contributed by atoms with Crippen LogP contribution in [0, 0.1) is 0 Å². The fourth-order valence-electron chi connectivity index (χ4n) is 2.06. The Balaban J connectivity index is 1.82. The molecule has 1 aromatic heterocycles. The van der Waals surface area contributed by atoms with Crippen molar-refractivity contribution < 1.29 is 9.53 Å². The predicted molar refractivity (Wildman–Crippen MR) is 81.7 cm³/mol. The number of nitrogens with zero attached hydrogens (tertiary/aromatic N) is 1. The highest BCUT2D eigenvalue weighted by Gasteiger charge is 2.14. The predicted octanol–water partition coefficient (Wildman–Crippen LogP) is 2.40. The van der Waals surface area contributed by atoms with Gasteiger partial charge in [-0.25, -0.2) is 0 Å². The molecular weight excluding hydrogens is 274 g/mol. The largest absolute Gasteiger partial charge is 0.494 e. The van der Waals surface area contributed by atoms with Crippen molar-refractivity contribution in [2.75, 3.05) is 18.9 Å². The fourth-order valence-corrected chi connectivity index (χ4v) is 2.78. The summed E-state index contributed by atoms with van der Waals surface area (Å²) < 4.78 is 5.45. The number of benzene rings is 1. The lowest BCUT2D eigenvalue weighted by molar-refractivity contribution is 0.0974. The number of amides is 1. The molecule has 0 spiro atoms. The third-order valence-electron chi connectivity index (χ3n) is 2.96. The second kappa shape index (κ2) is 5.58. The number of amidine groups is 1. The fraction of sp³-hybridized carbons (Fsp3) is 0.286. The number of nitrogens with one attached hydrogen (secondary N) is 2. The van der Waals surface area contributed by atoms with E-state index < -0.39 is 0 Å². The molecule has 2 aromatic rings. The van der Waals surface area contributed by atoms with Crippen molar-refractivity contribution in [2.45, 2.75) is 6.92 Å². The second-order valence-electron chi connectivity index (χ2n) is 4.35. The number of ether oxygens (including phenoxy) is 1. The summed E-state index contributed by atoms with van der Waals surface area (Å²) >= 11 is 1.57. The Morgan fingerprint density at radius 1 is 1.50 bits per heavy atom. The summed E-state index contributed by atoms with van der Waals surface area (Å²) in [6.45, 7) is 3.33. The average molecular weight is 289 g/mol. The van der Waals surface area contributed by atoms with E-state index in [0.717, 1.165) is 29.0 Å². The summed E-state index contributed by atoms with van der Waals surface area (Å²) in [4.78, 5) is 19.4. The molecule has 1 aliphatic rings. The maximum absolute atomic E-state index is 12.1. The first-order valence-electron chi connectivity index (χ1n) is 6.50. The van der Waals surface area contributed by atoms with Gasteiger partial charge in [0.05, 0.1) is 13.2 Å². The van der Waals surface area contributed by atoms with Gasteiger partial charge in [-0.3, -0.25) is 9.79 Å². The number of rotatable bonds is 3. The minimum atomic E-state index is -0.160. The van der Waals surface area contributed by atoms with E-state index in [-0.39, 0.29) is 5.91 Å². The lowest BCUT2D eigenvalue weighted by Gasteiger charge is -2.01. The molecular formula is C14H15N3O2S. The van der Waals surface area contributed by atoms with Crippen LogP contribution >= 0.6 is 11.8 Å². The number of thioether (sulfide) groups is 1. The molecule has 2 heterocycles. The first kappa shape index (κ1) is 13.1. The van der Waals surface area contributed by atoms with Gasteiger partial charge in [0, 0.05) is 22.7 Å². The maximum Gasteiger partial charge on any atom is 0.273 e. The highest BCUT2D eigenvalue weighted by Crippen LogP contribution is 2.21. The maximum atomic E-state index is 12.1. The highest BCUT2D eigenvalue weighted by molar-refractivity contribution is 8.14. The first-order valence-corrected chi connectivity index (χ1v) is 7.49. The van der Waals surface area contributed by atoms with Gasteiger partial charge < -0.3 is 15.0 Å². The summed E-state index contributed by atoms with van der Waals surface area (Å²) in [7, 11) is 0. The summed E-state index contributed by atoms with van der Waals surface area (Å²) in [5, 5.41) is 4.49. The van der Waals surface area contributed by atoms with E-state index in [1.165, 1.54) is 0 Å². The zero-order valence-electron chi connectivity index (χ0n) is 11.1. The molecule has 1 aliphatic heterocycles. The van der Waals surface area contributed by atoms with Crippen molar-refractivity contribution in [1.82, 2.24) is 10.3 Å². The van der Waals surface area contributed by atoms with Crippen molar-refractivity contribution in [3.63, 3.8) is 0 Å². The van der Waals surface area contributed by atoms with Crippen LogP contribution in [0.2, 0.25) is 0 Å². The van der Waals surface area contributed by atoms with Gasteiger partial charge in [-0.2, -0.15) is 0 Å². The Hall–Kier alpha value is -1.95. The van der Waals surface area contributed by atoms with E-state index in [1.54, 1.807) is 11.8 Å². The Bertz CT molecular complexity index is 678. The molecule has 0 atom stereocenters. The highest BCUT2D eigenvalue weighted by atomic mass is 32.2. The van der Waals surface area contributed by atoms with Crippen LogP contribution in [0.4, 0.5) is 0 Å². The van der Waals surface area contributed by atoms with E-state index in [9.17, 15) is 4.79 Å². The lowest BCUT2D eigenvalue weighted by atomic mass is 10.2. The number of carbonyl (C=O) groups excluding carboxylic acids is 1. The molecule has 1 amide bonds. The van der Waals surface area contributed by atoms with Gasteiger partial charge in [0.2, 0.25) is 0 Å². The number of fused-ring (bicyclic) bond motifs is 1. The van der Waals surface area contributed by atoms with E-state index in [4.69, 9.17) is 4.74 Å². The first-order chi connectivity index (χ1) is 9.76. The topological polar surface area (TPSA) is 66.5 Å². The van der Waals surface area contributed by atoms with Gasteiger partial charge >= 0.3 is 0 Å². The molecule has 0 fully saturated rings. The number of aliphatic imine (C=N–C) groups is 1. The molecule has 0 unspecified atom stereocenters. The molecule has 1 aromatic carbocycles. The molecule has 0 saturated heterocycles. The minimum Gasteiger partial charge on any atom is -0.494 e. The van der Waals surface area contributed by atoms with E-state index in [2.05, 4.69) is 15.3 Å². The molecule has 20 heavy (non-hydrogen) atoms. The van der Waals surface area contributed by atoms with E-state index in [1.807, 2.05) is 31.2 Å². The number of aromatic amines is 1. The summed E-state index contributed by atoms with van der Waals surface area (Å²) in [5.41, 5.74) is 1.42. The molecule has 2 N–H and O–H groups in total.